The summed E-state index contributed by atoms with van der Waals surface area (Å²) >= 11 is 0. The molecule has 0 saturated heterocycles. The van der Waals surface area contributed by atoms with Crippen molar-refractivity contribution in [1.29, 1.82) is 0 Å². The first kappa shape index (κ1) is 25.6. The highest BCUT2D eigenvalue weighted by Crippen LogP contribution is 2.16. The minimum Gasteiger partial charge on any atom is -0.475 e. The normalized spacial score (nSPS) is 11.9. The van der Waals surface area contributed by atoms with Gasteiger partial charge in [-0.1, -0.05) is 60.7 Å². The van der Waals surface area contributed by atoms with Gasteiger partial charge >= 0.3 is 12.1 Å². The van der Waals surface area contributed by atoms with E-state index in [1.807, 2.05) is 65.6 Å². The van der Waals surface area contributed by atoms with Gasteiger partial charge in [-0.15, -0.1) is 0 Å². The van der Waals surface area contributed by atoms with Crippen molar-refractivity contribution < 1.29 is 32.7 Å². The van der Waals surface area contributed by atoms with Crippen LogP contribution in [0.4, 0.5) is 13.2 Å². The largest absolute Gasteiger partial charge is 0.490 e. The number of nitrogens with zero attached hydrogens (tertiary/aromatic N) is 1. The molecular formula is C21H24F3N3O4. The summed E-state index contributed by atoms with van der Waals surface area (Å²) in [6.07, 6.45) is -4.63. The minimum atomic E-state index is -5.08. The highest BCUT2D eigenvalue weighted by atomic mass is 19.4. The number of carbonyl (C=O) groups excluding carboxylic acids is 2. The van der Waals surface area contributed by atoms with E-state index < -0.39 is 30.0 Å². The maximum atomic E-state index is 12.0. The first-order chi connectivity index (χ1) is 14.5. The Balaban J connectivity index is 0.000000592. The summed E-state index contributed by atoms with van der Waals surface area (Å²) in [5.74, 6) is -3.63. The molecule has 2 aromatic carbocycles. The first-order valence-corrected chi connectivity index (χ1v) is 9.20. The van der Waals surface area contributed by atoms with Crippen LogP contribution in [0.3, 0.4) is 0 Å². The summed E-state index contributed by atoms with van der Waals surface area (Å²) in [5, 5.41) is 7.12. The molecule has 0 aromatic heterocycles. The number of amides is 2. The second-order valence-electron chi connectivity index (χ2n) is 6.60. The molecule has 2 aromatic rings. The van der Waals surface area contributed by atoms with Crippen LogP contribution in [0.5, 0.6) is 0 Å². The first-order valence-electron chi connectivity index (χ1n) is 9.20. The zero-order valence-corrected chi connectivity index (χ0v) is 16.6. The van der Waals surface area contributed by atoms with Crippen LogP contribution in [-0.4, -0.2) is 40.0 Å². The molecule has 0 aliphatic carbocycles. The number of aliphatic carboxylic acids is 1. The number of rotatable bonds is 9. The lowest BCUT2D eigenvalue weighted by atomic mass is 10.1. The third-order valence-corrected chi connectivity index (χ3v) is 4.13. The zero-order valence-electron chi connectivity index (χ0n) is 16.6. The van der Waals surface area contributed by atoms with Crippen LogP contribution < -0.4 is 11.5 Å². The molecule has 10 heteroatoms. The molecule has 0 fully saturated rings. The van der Waals surface area contributed by atoms with Crippen molar-refractivity contribution in [2.45, 2.75) is 38.1 Å². The molecule has 31 heavy (non-hydrogen) atoms. The Morgan fingerprint density at radius 3 is 1.55 bits per heavy atom. The third-order valence-electron chi connectivity index (χ3n) is 4.13. The summed E-state index contributed by atoms with van der Waals surface area (Å²) in [4.78, 5) is 34.0. The molecule has 0 saturated carbocycles. The number of nitrogens with two attached hydrogens (primary N) is 2. The topological polar surface area (TPSA) is 127 Å². The Morgan fingerprint density at radius 2 is 1.26 bits per heavy atom. The summed E-state index contributed by atoms with van der Waals surface area (Å²) in [6.45, 7) is 1.14. The number of hydrogen-bond donors (Lipinski definition) is 3. The third kappa shape index (κ3) is 10.3. The molecule has 2 amide bonds. The number of hydrogen-bond acceptors (Lipinski definition) is 4. The van der Waals surface area contributed by atoms with Gasteiger partial charge in [0.25, 0.3) is 0 Å². The number of carboxylic acids is 1. The number of alkyl halides is 3. The average Bonchev–Trinajstić information content (AvgIpc) is 2.69. The molecule has 2 rings (SSSR count). The van der Waals surface area contributed by atoms with Crippen molar-refractivity contribution >= 4 is 17.8 Å². The van der Waals surface area contributed by atoms with Crippen LogP contribution in [0, 0.1) is 0 Å². The van der Waals surface area contributed by atoms with Gasteiger partial charge in [0.15, 0.2) is 0 Å². The van der Waals surface area contributed by atoms with E-state index in [1.54, 1.807) is 0 Å². The van der Waals surface area contributed by atoms with E-state index in [9.17, 15) is 22.8 Å². The van der Waals surface area contributed by atoms with Gasteiger partial charge in [-0.25, -0.2) is 4.79 Å². The van der Waals surface area contributed by atoms with E-state index in [2.05, 4.69) is 0 Å². The minimum absolute atomic E-state index is 0.133. The Kier molecular flexibility index (Phi) is 10.2. The lowest BCUT2D eigenvalue weighted by molar-refractivity contribution is -0.192. The highest BCUT2D eigenvalue weighted by Gasteiger charge is 2.38. The smallest absolute Gasteiger partial charge is 0.475 e. The summed E-state index contributed by atoms with van der Waals surface area (Å²) in [7, 11) is 0. The van der Waals surface area contributed by atoms with Crippen molar-refractivity contribution in [3.63, 3.8) is 0 Å². The van der Waals surface area contributed by atoms with E-state index in [1.165, 1.54) is 0 Å². The Bertz CT molecular complexity index is 804. The van der Waals surface area contributed by atoms with Gasteiger partial charge < -0.3 is 16.6 Å². The van der Waals surface area contributed by atoms with Crippen LogP contribution in [0.1, 0.15) is 24.0 Å². The zero-order chi connectivity index (χ0) is 23.4. The predicted octanol–water partition coefficient (Wildman–Crippen LogP) is 2.44. The molecule has 0 heterocycles. The molecule has 0 aliphatic heterocycles. The van der Waals surface area contributed by atoms with E-state index in [4.69, 9.17) is 21.4 Å². The van der Waals surface area contributed by atoms with Gasteiger partial charge in [0.2, 0.25) is 11.8 Å². The fourth-order valence-electron chi connectivity index (χ4n) is 2.70. The van der Waals surface area contributed by atoms with Gasteiger partial charge in [0.1, 0.15) is 0 Å². The average molecular weight is 439 g/mol. The van der Waals surface area contributed by atoms with Gasteiger partial charge in [-0.05, 0) is 17.5 Å². The highest BCUT2D eigenvalue weighted by molar-refractivity contribution is 5.81. The molecule has 0 spiro atoms. The van der Waals surface area contributed by atoms with E-state index >= 15 is 0 Å². The second kappa shape index (κ2) is 12.3. The second-order valence-corrected chi connectivity index (χ2v) is 6.60. The van der Waals surface area contributed by atoms with E-state index in [-0.39, 0.29) is 6.42 Å². The van der Waals surface area contributed by atoms with Crippen molar-refractivity contribution in [2.24, 2.45) is 11.5 Å². The SMILES string of the molecule is NC(=O)CC[C@H](C(N)=O)N(Cc1ccccc1)Cc1ccccc1.O=C(O)C(F)(F)F. The molecule has 7 nitrogen and oxygen atoms in total. The summed E-state index contributed by atoms with van der Waals surface area (Å²) in [5.41, 5.74) is 13.0. The molecule has 5 N–H and O–H groups in total. The van der Waals surface area contributed by atoms with Crippen LogP contribution in [0.2, 0.25) is 0 Å². The van der Waals surface area contributed by atoms with Crippen molar-refractivity contribution in [3.8, 4) is 0 Å². The molecule has 1 atom stereocenters. The fourth-order valence-corrected chi connectivity index (χ4v) is 2.70. The van der Waals surface area contributed by atoms with Crippen LogP contribution in [0.15, 0.2) is 60.7 Å². The quantitative estimate of drug-likeness (QED) is 0.553. The molecule has 0 bridgehead atoms. The van der Waals surface area contributed by atoms with E-state index in [0.29, 0.717) is 19.5 Å². The lowest BCUT2D eigenvalue weighted by Crippen LogP contribution is -2.44. The summed E-state index contributed by atoms with van der Waals surface area (Å²) < 4.78 is 31.7. The fraction of sp³-hybridized carbons (Fsp3) is 0.286. The maximum absolute atomic E-state index is 12.0. The summed E-state index contributed by atoms with van der Waals surface area (Å²) in [6, 6.07) is 19.2. The van der Waals surface area contributed by atoms with Gasteiger partial charge in [-0.3, -0.25) is 14.5 Å². The molecule has 0 unspecified atom stereocenters. The Morgan fingerprint density at radius 1 is 0.871 bits per heavy atom. The number of carbonyl (C=O) groups is 3. The van der Waals surface area contributed by atoms with Crippen LogP contribution in [-0.2, 0) is 27.5 Å². The number of halogens is 3. The van der Waals surface area contributed by atoms with Gasteiger partial charge in [0.05, 0.1) is 6.04 Å². The molecule has 0 aliphatic rings. The Hall–Kier alpha value is -3.40. The van der Waals surface area contributed by atoms with Crippen molar-refractivity contribution in [3.05, 3.63) is 71.8 Å². The molecular weight excluding hydrogens is 415 g/mol. The van der Waals surface area contributed by atoms with Crippen molar-refractivity contribution in [1.82, 2.24) is 4.90 Å². The number of primary amides is 2. The molecule has 0 radical (unpaired) electrons. The van der Waals surface area contributed by atoms with Crippen LogP contribution in [0.25, 0.3) is 0 Å². The van der Waals surface area contributed by atoms with Crippen molar-refractivity contribution in [2.75, 3.05) is 0 Å². The maximum Gasteiger partial charge on any atom is 0.490 e. The van der Waals surface area contributed by atoms with Gasteiger partial charge in [0, 0.05) is 19.5 Å². The monoisotopic (exact) mass is 439 g/mol. The van der Waals surface area contributed by atoms with Gasteiger partial charge in [-0.2, -0.15) is 13.2 Å². The lowest BCUT2D eigenvalue weighted by Gasteiger charge is -2.29. The predicted molar refractivity (Wildman–Crippen MR) is 107 cm³/mol. The number of benzene rings is 2. The number of carboxylic acid groups (broad SMARTS) is 1. The molecule has 168 valence electrons. The standard InChI is InChI=1S/C19H23N3O2.C2HF3O2/c20-18(23)12-11-17(19(21)24)22(13-15-7-3-1-4-8-15)14-16-9-5-2-6-10-16;3-2(4,5)1(6)7/h1-10,17H,11-14H2,(H2,20,23)(H2,21,24);(H,6,7)/t17-;/m1./s1. The van der Waals surface area contributed by atoms with Crippen LogP contribution >= 0.6 is 0 Å². The Labute approximate surface area is 177 Å². The van der Waals surface area contributed by atoms with E-state index in [0.717, 1.165) is 11.1 Å².